The molecule has 0 bridgehead atoms. The van der Waals surface area contributed by atoms with Gasteiger partial charge in [0.25, 0.3) is 5.85 Å². The summed E-state index contributed by atoms with van der Waals surface area (Å²) in [6, 6.07) is 5.95. The van der Waals surface area contributed by atoms with Crippen molar-refractivity contribution in [2.45, 2.75) is 83.8 Å². The highest BCUT2D eigenvalue weighted by Crippen LogP contribution is 2.37. The predicted octanol–water partition coefficient (Wildman–Crippen LogP) is 3.43. The number of nitrogens with zero attached hydrogens (tertiary/aromatic N) is 4. The van der Waals surface area contributed by atoms with Crippen LogP contribution >= 0.6 is 0 Å². The Bertz CT molecular complexity index is 886. The number of ether oxygens (including phenoxy) is 3. The van der Waals surface area contributed by atoms with E-state index in [2.05, 4.69) is 19.7 Å². The lowest BCUT2D eigenvalue weighted by Gasteiger charge is -2.51. The first-order valence-corrected chi connectivity index (χ1v) is 14.0. The van der Waals surface area contributed by atoms with Gasteiger partial charge in [0.15, 0.2) is 0 Å². The Balaban J connectivity index is 1.56. The number of piperazine rings is 1. The molecule has 9 heteroatoms. The van der Waals surface area contributed by atoms with Gasteiger partial charge in [-0.15, -0.1) is 0 Å². The number of rotatable bonds is 8. The maximum absolute atomic E-state index is 14.1. The molecular weight excluding hydrogens is 472 g/mol. The van der Waals surface area contributed by atoms with Crippen molar-refractivity contribution in [1.82, 2.24) is 14.8 Å². The number of aromatic nitrogens is 1. The van der Waals surface area contributed by atoms with Crippen LogP contribution in [0.4, 0.5) is 5.82 Å². The van der Waals surface area contributed by atoms with Gasteiger partial charge >= 0.3 is 11.9 Å². The fourth-order valence-corrected chi connectivity index (χ4v) is 5.71. The molecule has 9 nitrogen and oxygen atoms in total. The molecule has 1 aliphatic carbocycles. The molecule has 0 N–H and O–H groups in total. The lowest BCUT2D eigenvalue weighted by molar-refractivity contribution is -0.278. The maximum Gasteiger partial charge on any atom is 0.371 e. The molecule has 1 saturated carbocycles. The van der Waals surface area contributed by atoms with Crippen LogP contribution in [0.2, 0.25) is 0 Å². The van der Waals surface area contributed by atoms with Crippen LogP contribution in [0.15, 0.2) is 24.4 Å². The van der Waals surface area contributed by atoms with Crippen LogP contribution in [0.3, 0.4) is 0 Å². The summed E-state index contributed by atoms with van der Waals surface area (Å²) in [6.07, 6.45) is 6.59. The standard InChI is InChI=1S/C28H44N4O5/c1-5-35-25(33)22-11-13-23(14-12-22)36-28(31-16-8-9-17-31,26(34)37-27(2,3)4)32-20-18-30(19-21-32)24-10-6-7-15-29-24/h6-7,10,15,22-23H,5,8-9,11-14,16-21H2,1-4H3. The first-order valence-electron chi connectivity index (χ1n) is 14.0. The van der Waals surface area contributed by atoms with Crippen molar-refractivity contribution in [2.75, 3.05) is 50.8 Å². The summed E-state index contributed by atoms with van der Waals surface area (Å²) >= 11 is 0. The molecule has 2 saturated heterocycles. The van der Waals surface area contributed by atoms with Crippen LogP contribution in [0.5, 0.6) is 0 Å². The fourth-order valence-electron chi connectivity index (χ4n) is 5.71. The SMILES string of the molecule is CCOC(=O)C1CCC(OC(C(=O)OC(C)(C)C)(N2CCCC2)N2CCN(c3ccccn3)CC2)CC1. The monoisotopic (exact) mass is 516 g/mol. The van der Waals surface area contributed by atoms with Gasteiger partial charge in [0, 0.05) is 45.5 Å². The number of esters is 2. The van der Waals surface area contributed by atoms with Crippen LogP contribution in [-0.4, -0.2) is 90.2 Å². The van der Waals surface area contributed by atoms with E-state index in [0.29, 0.717) is 32.5 Å². The Hall–Kier alpha value is -2.23. The van der Waals surface area contributed by atoms with Gasteiger partial charge in [-0.05, 0) is 78.4 Å². The van der Waals surface area contributed by atoms with E-state index in [1.165, 1.54) is 0 Å². The number of likely N-dealkylation sites (tertiary alicyclic amines) is 1. The van der Waals surface area contributed by atoms with Gasteiger partial charge in [0.1, 0.15) is 11.4 Å². The Morgan fingerprint density at radius 1 is 0.946 bits per heavy atom. The van der Waals surface area contributed by atoms with E-state index in [-0.39, 0.29) is 24.0 Å². The van der Waals surface area contributed by atoms with Gasteiger partial charge < -0.3 is 19.1 Å². The number of hydrogen-bond donors (Lipinski definition) is 0. The summed E-state index contributed by atoms with van der Waals surface area (Å²) in [5.74, 6) is -0.874. The molecule has 1 aromatic rings. The van der Waals surface area contributed by atoms with Crippen LogP contribution in [-0.2, 0) is 23.8 Å². The zero-order valence-corrected chi connectivity index (χ0v) is 23.0. The molecular formula is C28H44N4O5. The molecule has 1 aromatic heterocycles. The predicted molar refractivity (Wildman–Crippen MR) is 141 cm³/mol. The van der Waals surface area contributed by atoms with Gasteiger partial charge in [0.05, 0.1) is 18.6 Å². The van der Waals surface area contributed by atoms with E-state index in [1.807, 2.05) is 52.1 Å². The van der Waals surface area contributed by atoms with Crippen molar-refractivity contribution in [1.29, 1.82) is 0 Å². The molecule has 0 spiro atoms. The summed E-state index contributed by atoms with van der Waals surface area (Å²) in [6.45, 7) is 12.3. The zero-order valence-electron chi connectivity index (χ0n) is 23.0. The first kappa shape index (κ1) is 27.8. The van der Waals surface area contributed by atoms with Crippen LogP contribution in [0.25, 0.3) is 0 Å². The van der Waals surface area contributed by atoms with Gasteiger partial charge in [-0.2, -0.15) is 0 Å². The molecule has 37 heavy (non-hydrogen) atoms. The molecule has 3 heterocycles. The Morgan fingerprint density at radius 3 is 2.16 bits per heavy atom. The lowest BCUT2D eigenvalue weighted by atomic mass is 9.87. The molecule has 2 aliphatic heterocycles. The second-order valence-corrected chi connectivity index (χ2v) is 11.3. The third kappa shape index (κ3) is 6.62. The van der Waals surface area contributed by atoms with Crippen LogP contribution < -0.4 is 4.90 Å². The summed E-state index contributed by atoms with van der Waals surface area (Å²) in [7, 11) is 0. The minimum Gasteiger partial charge on any atom is -0.466 e. The molecule has 3 aliphatic rings. The van der Waals surface area contributed by atoms with Gasteiger partial charge in [0.2, 0.25) is 0 Å². The van der Waals surface area contributed by atoms with Crippen molar-refractivity contribution in [3.05, 3.63) is 24.4 Å². The van der Waals surface area contributed by atoms with Gasteiger partial charge in [-0.3, -0.25) is 9.69 Å². The molecule has 3 fully saturated rings. The van der Waals surface area contributed by atoms with E-state index in [4.69, 9.17) is 14.2 Å². The second-order valence-electron chi connectivity index (χ2n) is 11.3. The topological polar surface area (TPSA) is 84.4 Å². The summed E-state index contributed by atoms with van der Waals surface area (Å²) < 4.78 is 18.2. The largest absolute Gasteiger partial charge is 0.466 e. The highest BCUT2D eigenvalue weighted by molar-refractivity contribution is 5.79. The third-order valence-corrected chi connectivity index (χ3v) is 7.51. The molecule has 4 rings (SSSR count). The van der Waals surface area contributed by atoms with Crippen molar-refractivity contribution < 1.29 is 23.8 Å². The average Bonchev–Trinajstić information content (AvgIpc) is 3.43. The molecule has 0 radical (unpaired) electrons. The van der Waals surface area contributed by atoms with E-state index < -0.39 is 11.4 Å². The van der Waals surface area contributed by atoms with Crippen LogP contribution in [0.1, 0.15) is 66.2 Å². The number of carbonyl (C=O) groups is 2. The number of pyridine rings is 1. The van der Waals surface area contributed by atoms with Crippen LogP contribution in [0, 0.1) is 5.92 Å². The van der Waals surface area contributed by atoms with Crippen molar-refractivity contribution in [3.8, 4) is 0 Å². The van der Waals surface area contributed by atoms with Crippen molar-refractivity contribution in [2.24, 2.45) is 5.92 Å². The second kappa shape index (κ2) is 12.1. The first-order chi connectivity index (χ1) is 17.7. The summed E-state index contributed by atoms with van der Waals surface area (Å²) in [5, 5.41) is 0. The molecule has 1 unspecified atom stereocenters. The Labute approximate surface area is 221 Å². The van der Waals surface area contributed by atoms with Crippen molar-refractivity contribution in [3.63, 3.8) is 0 Å². The smallest absolute Gasteiger partial charge is 0.371 e. The molecule has 206 valence electrons. The minimum absolute atomic E-state index is 0.0931. The van der Waals surface area contributed by atoms with Gasteiger partial charge in [-0.1, -0.05) is 6.07 Å². The third-order valence-electron chi connectivity index (χ3n) is 7.51. The molecule has 1 atom stereocenters. The molecule has 0 aromatic carbocycles. The zero-order chi connectivity index (χ0) is 26.5. The van der Waals surface area contributed by atoms with E-state index in [9.17, 15) is 9.59 Å². The quantitative estimate of drug-likeness (QED) is 0.483. The highest BCUT2D eigenvalue weighted by atomic mass is 16.6. The molecule has 0 amide bonds. The number of hydrogen-bond acceptors (Lipinski definition) is 9. The van der Waals surface area contributed by atoms with Crippen molar-refractivity contribution >= 4 is 17.8 Å². The summed E-state index contributed by atoms with van der Waals surface area (Å²) in [5.41, 5.74) is -0.636. The number of anilines is 1. The average molecular weight is 517 g/mol. The lowest BCUT2D eigenvalue weighted by Crippen LogP contribution is -2.71. The number of carbonyl (C=O) groups excluding carboxylic acids is 2. The van der Waals surface area contributed by atoms with Gasteiger partial charge in [-0.25, -0.2) is 14.7 Å². The minimum atomic E-state index is -1.28. The van der Waals surface area contributed by atoms with E-state index >= 15 is 0 Å². The highest BCUT2D eigenvalue weighted by Gasteiger charge is 2.55. The fraction of sp³-hybridized carbons (Fsp3) is 0.750. The maximum atomic E-state index is 14.1. The van der Waals surface area contributed by atoms with E-state index in [1.54, 1.807) is 0 Å². The Morgan fingerprint density at radius 2 is 1.59 bits per heavy atom. The summed E-state index contributed by atoms with van der Waals surface area (Å²) in [4.78, 5) is 37.6. The normalized spacial score (nSPS) is 25.5. The van der Waals surface area contributed by atoms with E-state index in [0.717, 1.165) is 57.7 Å². The Kier molecular flexibility index (Phi) is 9.08.